The second kappa shape index (κ2) is 7.10. The van der Waals surface area contributed by atoms with Crippen LogP contribution < -0.4 is 4.80 Å². The van der Waals surface area contributed by atoms with Crippen LogP contribution in [0.1, 0.15) is 77.1 Å². The Morgan fingerprint density at radius 3 is 2.31 bits per heavy atom. The standard InChI is InChI=1S/C22H33N3S/c1-15(2)5-4-6-16(3)7-8-25-21(23)26-20(24-25)22-12-17-9-18(13-22)11-19(10-17)14-22/h5,7,17-19,23H,4,6,8-14H2,1-3H3/b16-7+,23-21?. The summed E-state index contributed by atoms with van der Waals surface area (Å²) in [5.74, 6) is 2.81. The minimum absolute atomic E-state index is 0.322. The summed E-state index contributed by atoms with van der Waals surface area (Å²) in [6, 6.07) is 0. The van der Waals surface area contributed by atoms with Crippen molar-refractivity contribution in [1.82, 2.24) is 9.78 Å². The molecular formula is C22H33N3S. The minimum atomic E-state index is 0.322. The van der Waals surface area contributed by atoms with Gasteiger partial charge in [0.15, 0.2) is 0 Å². The zero-order chi connectivity index (χ0) is 18.3. The molecule has 4 aliphatic carbocycles. The summed E-state index contributed by atoms with van der Waals surface area (Å²) in [6.45, 7) is 7.27. The predicted molar refractivity (Wildman–Crippen MR) is 108 cm³/mol. The fraction of sp³-hybridized carbons (Fsp3) is 0.727. The predicted octanol–water partition coefficient (Wildman–Crippen LogP) is 5.58. The van der Waals surface area contributed by atoms with Crippen LogP contribution in [0.5, 0.6) is 0 Å². The van der Waals surface area contributed by atoms with Gasteiger partial charge in [-0.3, -0.25) is 5.41 Å². The summed E-state index contributed by atoms with van der Waals surface area (Å²) in [5.41, 5.74) is 3.11. The highest BCUT2D eigenvalue weighted by molar-refractivity contribution is 7.08. The van der Waals surface area contributed by atoms with Gasteiger partial charge in [-0.15, -0.1) is 0 Å². The van der Waals surface area contributed by atoms with Gasteiger partial charge < -0.3 is 0 Å². The first kappa shape index (κ1) is 18.2. The Labute approximate surface area is 161 Å². The van der Waals surface area contributed by atoms with Crippen LogP contribution in [0.2, 0.25) is 0 Å². The maximum atomic E-state index is 8.42. The molecule has 1 N–H and O–H groups in total. The van der Waals surface area contributed by atoms with Gasteiger partial charge in [0.25, 0.3) is 0 Å². The normalized spacial score (nSPS) is 32.9. The first-order chi connectivity index (χ1) is 12.4. The van der Waals surface area contributed by atoms with E-state index in [1.165, 1.54) is 54.7 Å². The maximum Gasteiger partial charge on any atom is 0.200 e. The lowest BCUT2D eigenvalue weighted by Crippen LogP contribution is -2.48. The number of rotatable bonds is 6. The number of hydrogen-bond donors (Lipinski definition) is 1. The van der Waals surface area contributed by atoms with Crippen molar-refractivity contribution in [3.8, 4) is 0 Å². The van der Waals surface area contributed by atoms with Crippen LogP contribution in [0.15, 0.2) is 23.3 Å². The van der Waals surface area contributed by atoms with Crippen LogP contribution in [0, 0.1) is 23.2 Å². The molecule has 4 bridgehead atoms. The zero-order valence-electron chi connectivity index (χ0n) is 16.6. The van der Waals surface area contributed by atoms with E-state index in [1.54, 1.807) is 11.3 Å². The molecule has 1 aromatic heterocycles. The van der Waals surface area contributed by atoms with Crippen molar-refractivity contribution in [2.24, 2.45) is 17.8 Å². The molecule has 0 saturated heterocycles. The molecule has 1 aromatic rings. The summed E-state index contributed by atoms with van der Waals surface area (Å²) in [7, 11) is 0. The van der Waals surface area contributed by atoms with E-state index in [0.29, 0.717) is 10.2 Å². The van der Waals surface area contributed by atoms with Crippen molar-refractivity contribution in [2.75, 3.05) is 0 Å². The van der Waals surface area contributed by atoms with E-state index in [-0.39, 0.29) is 0 Å². The van der Waals surface area contributed by atoms with Crippen LogP contribution in [0.3, 0.4) is 0 Å². The van der Waals surface area contributed by atoms with Gasteiger partial charge >= 0.3 is 0 Å². The molecule has 5 rings (SSSR count). The molecule has 0 spiro atoms. The highest BCUT2D eigenvalue weighted by Gasteiger charge is 2.53. The molecule has 26 heavy (non-hydrogen) atoms. The van der Waals surface area contributed by atoms with Crippen molar-refractivity contribution in [3.63, 3.8) is 0 Å². The van der Waals surface area contributed by atoms with Crippen LogP contribution >= 0.6 is 11.3 Å². The molecule has 0 aromatic carbocycles. The lowest BCUT2D eigenvalue weighted by molar-refractivity contribution is -0.00583. The van der Waals surface area contributed by atoms with E-state index < -0.39 is 0 Å². The van der Waals surface area contributed by atoms with Crippen molar-refractivity contribution in [3.05, 3.63) is 33.1 Å². The molecule has 0 aliphatic heterocycles. The van der Waals surface area contributed by atoms with Crippen LogP contribution in [-0.4, -0.2) is 9.78 Å². The topological polar surface area (TPSA) is 41.7 Å². The van der Waals surface area contributed by atoms with E-state index in [1.807, 2.05) is 4.68 Å². The van der Waals surface area contributed by atoms with Crippen LogP contribution in [0.4, 0.5) is 0 Å². The smallest absolute Gasteiger partial charge is 0.200 e. The number of nitrogens with zero attached hydrogens (tertiary/aromatic N) is 2. The van der Waals surface area contributed by atoms with Gasteiger partial charge in [0.1, 0.15) is 5.01 Å². The molecule has 0 radical (unpaired) electrons. The molecule has 4 aliphatic rings. The molecule has 142 valence electrons. The van der Waals surface area contributed by atoms with Crippen molar-refractivity contribution < 1.29 is 0 Å². The van der Waals surface area contributed by atoms with Crippen molar-refractivity contribution in [2.45, 2.75) is 84.1 Å². The Balaban J connectivity index is 1.46. The molecule has 1 heterocycles. The van der Waals surface area contributed by atoms with Gasteiger partial charge in [-0.05, 0) is 89.9 Å². The second-order valence-corrected chi connectivity index (χ2v) is 10.4. The average molecular weight is 372 g/mol. The molecule has 0 atom stereocenters. The van der Waals surface area contributed by atoms with E-state index in [2.05, 4.69) is 32.9 Å². The SMILES string of the molecule is CC(C)=CCC/C(C)=C/Cn1nc(C23CC4CC(CC(C4)C2)C3)sc1=N. The Morgan fingerprint density at radius 1 is 1.12 bits per heavy atom. The molecule has 4 heteroatoms. The number of allylic oxidation sites excluding steroid dienone is 4. The molecule has 0 amide bonds. The highest BCUT2D eigenvalue weighted by Crippen LogP contribution is 2.60. The van der Waals surface area contributed by atoms with Gasteiger partial charge in [-0.25, -0.2) is 4.68 Å². The lowest BCUT2D eigenvalue weighted by Gasteiger charge is -2.55. The lowest BCUT2D eigenvalue weighted by atomic mass is 9.50. The van der Waals surface area contributed by atoms with Gasteiger partial charge in [-0.2, -0.15) is 5.10 Å². The van der Waals surface area contributed by atoms with Crippen molar-refractivity contribution in [1.29, 1.82) is 5.41 Å². The van der Waals surface area contributed by atoms with E-state index >= 15 is 0 Å². The Morgan fingerprint density at radius 2 is 1.73 bits per heavy atom. The second-order valence-electron chi connectivity index (χ2n) is 9.46. The van der Waals surface area contributed by atoms with Gasteiger partial charge in [0.05, 0.1) is 6.54 Å². The van der Waals surface area contributed by atoms with E-state index in [0.717, 1.165) is 37.1 Å². The Kier molecular flexibility index (Phi) is 4.98. The molecule has 4 saturated carbocycles. The first-order valence-electron chi connectivity index (χ1n) is 10.4. The van der Waals surface area contributed by atoms with Gasteiger partial charge in [0, 0.05) is 5.41 Å². The van der Waals surface area contributed by atoms with Crippen LogP contribution in [0.25, 0.3) is 0 Å². The third kappa shape index (κ3) is 3.62. The van der Waals surface area contributed by atoms with Crippen LogP contribution in [-0.2, 0) is 12.0 Å². The molecule has 0 unspecified atom stereocenters. The zero-order valence-corrected chi connectivity index (χ0v) is 17.4. The Hall–Kier alpha value is -1.16. The average Bonchev–Trinajstić information content (AvgIpc) is 2.93. The summed E-state index contributed by atoms with van der Waals surface area (Å²) in [5, 5.41) is 14.7. The maximum absolute atomic E-state index is 8.42. The quantitative estimate of drug-likeness (QED) is 0.651. The number of hydrogen-bond acceptors (Lipinski definition) is 3. The van der Waals surface area contributed by atoms with Crippen molar-refractivity contribution >= 4 is 11.3 Å². The summed E-state index contributed by atoms with van der Waals surface area (Å²) in [6.07, 6.45) is 15.2. The third-order valence-corrected chi connectivity index (χ3v) is 7.95. The number of nitrogens with one attached hydrogen (secondary N) is 1. The fourth-order valence-corrected chi connectivity index (χ4v) is 6.97. The van der Waals surface area contributed by atoms with Gasteiger partial charge in [-0.1, -0.05) is 34.6 Å². The summed E-state index contributed by atoms with van der Waals surface area (Å²) in [4.78, 5) is 0.629. The molecular weight excluding hydrogens is 338 g/mol. The largest absolute Gasteiger partial charge is 0.274 e. The van der Waals surface area contributed by atoms with E-state index in [4.69, 9.17) is 10.5 Å². The third-order valence-electron chi connectivity index (χ3n) is 6.84. The number of aromatic nitrogens is 2. The first-order valence-corrected chi connectivity index (χ1v) is 11.2. The highest BCUT2D eigenvalue weighted by atomic mass is 32.1. The monoisotopic (exact) mass is 371 g/mol. The summed E-state index contributed by atoms with van der Waals surface area (Å²) < 4.78 is 1.93. The minimum Gasteiger partial charge on any atom is -0.274 e. The van der Waals surface area contributed by atoms with Gasteiger partial charge in [0.2, 0.25) is 4.80 Å². The molecule has 3 nitrogen and oxygen atoms in total. The summed E-state index contributed by atoms with van der Waals surface area (Å²) >= 11 is 1.66. The van der Waals surface area contributed by atoms with E-state index in [9.17, 15) is 0 Å². The Bertz CT molecular complexity index is 740. The fourth-order valence-electron chi connectivity index (χ4n) is 5.96. The molecule has 4 fully saturated rings.